The first-order valence-electron chi connectivity index (χ1n) is 6.69. The lowest BCUT2D eigenvalue weighted by atomic mass is 10.1. The molecule has 0 bridgehead atoms. The molecule has 1 atom stereocenters. The first-order valence-corrected chi connectivity index (χ1v) is 6.69. The summed E-state index contributed by atoms with van der Waals surface area (Å²) in [6.07, 6.45) is 6.10. The van der Waals surface area contributed by atoms with E-state index in [0.717, 1.165) is 31.3 Å². The lowest BCUT2D eigenvalue weighted by Crippen LogP contribution is -2.38. The predicted octanol–water partition coefficient (Wildman–Crippen LogP) is 1.62. The van der Waals surface area contributed by atoms with Crippen molar-refractivity contribution in [3.8, 4) is 0 Å². The molecule has 0 spiro atoms. The van der Waals surface area contributed by atoms with E-state index in [4.69, 9.17) is 5.73 Å². The number of rotatable bonds is 7. The van der Waals surface area contributed by atoms with E-state index in [1.54, 1.807) is 0 Å². The fourth-order valence-electron chi connectivity index (χ4n) is 2.16. The SMILES string of the molecule is CC(CCN)C(=O)N(CC1CC1)CC1CC1. The van der Waals surface area contributed by atoms with Crippen molar-refractivity contribution in [1.82, 2.24) is 4.90 Å². The maximum Gasteiger partial charge on any atom is 0.225 e. The zero-order valence-electron chi connectivity index (χ0n) is 10.3. The lowest BCUT2D eigenvalue weighted by Gasteiger charge is -2.25. The van der Waals surface area contributed by atoms with Gasteiger partial charge in [-0.25, -0.2) is 0 Å². The van der Waals surface area contributed by atoms with E-state index in [0.29, 0.717) is 12.5 Å². The molecular formula is C13H24N2O. The van der Waals surface area contributed by atoms with Crippen LogP contribution in [0, 0.1) is 17.8 Å². The van der Waals surface area contributed by atoms with Crippen molar-refractivity contribution in [2.24, 2.45) is 23.5 Å². The third-order valence-corrected chi connectivity index (χ3v) is 3.68. The minimum atomic E-state index is 0.113. The molecule has 92 valence electrons. The van der Waals surface area contributed by atoms with Gasteiger partial charge in [0.1, 0.15) is 0 Å². The van der Waals surface area contributed by atoms with Crippen molar-refractivity contribution in [2.45, 2.75) is 39.0 Å². The Labute approximate surface area is 98.4 Å². The summed E-state index contributed by atoms with van der Waals surface area (Å²) in [5, 5.41) is 0. The highest BCUT2D eigenvalue weighted by Crippen LogP contribution is 2.34. The van der Waals surface area contributed by atoms with E-state index in [9.17, 15) is 4.79 Å². The molecule has 2 N–H and O–H groups in total. The molecule has 1 unspecified atom stereocenters. The van der Waals surface area contributed by atoms with Gasteiger partial charge in [0.05, 0.1) is 0 Å². The Morgan fingerprint density at radius 3 is 2.12 bits per heavy atom. The van der Waals surface area contributed by atoms with Crippen LogP contribution in [0.4, 0.5) is 0 Å². The molecule has 0 aromatic heterocycles. The van der Waals surface area contributed by atoms with Gasteiger partial charge in [-0.05, 0) is 50.5 Å². The number of amides is 1. The van der Waals surface area contributed by atoms with Gasteiger partial charge in [0.2, 0.25) is 5.91 Å². The van der Waals surface area contributed by atoms with Crippen LogP contribution in [0.3, 0.4) is 0 Å². The third-order valence-electron chi connectivity index (χ3n) is 3.68. The van der Waals surface area contributed by atoms with Crippen LogP contribution in [-0.2, 0) is 4.79 Å². The Bertz CT molecular complexity index is 232. The van der Waals surface area contributed by atoms with Crippen LogP contribution in [0.1, 0.15) is 39.0 Å². The summed E-state index contributed by atoms with van der Waals surface area (Å²) in [6, 6.07) is 0. The van der Waals surface area contributed by atoms with Crippen LogP contribution in [0.2, 0.25) is 0 Å². The molecule has 1 amide bonds. The van der Waals surface area contributed by atoms with E-state index >= 15 is 0 Å². The molecule has 16 heavy (non-hydrogen) atoms. The largest absolute Gasteiger partial charge is 0.342 e. The van der Waals surface area contributed by atoms with Crippen LogP contribution in [0.5, 0.6) is 0 Å². The predicted molar refractivity (Wildman–Crippen MR) is 64.9 cm³/mol. The molecule has 0 saturated heterocycles. The van der Waals surface area contributed by atoms with Gasteiger partial charge in [0.25, 0.3) is 0 Å². The molecular weight excluding hydrogens is 200 g/mol. The summed E-state index contributed by atoms with van der Waals surface area (Å²) in [6.45, 7) is 4.64. The molecule has 2 aliphatic carbocycles. The minimum Gasteiger partial charge on any atom is -0.342 e. The fraction of sp³-hybridized carbons (Fsp3) is 0.923. The molecule has 0 aromatic carbocycles. The van der Waals surface area contributed by atoms with Gasteiger partial charge in [0, 0.05) is 19.0 Å². The summed E-state index contributed by atoms with van der Waals surface area (Å²) >= 11 is 0. The second-order valence-electron chi connectivity index (χ2n) is 5.61. The molecule has 3 nitrogen and oxygen atoms in total. The number of hydrogen-bond acceptors (Lipinski definition) is 2. The van der Waals surface area contributed by atoms with Gasteiger partial charge in [-0.15, -0.1) is 0 Å². The summed E-state index contributed by atoms with van der Waals surface area (Å²) < 4.78 is 0. The van der Waals surface area contributed by atoms with Crippen molar-refractivity contribution in [2.75, 3.05) is 19.6 Å². The zero-order chi connectivity index (χ0) is 11.5. The Kier molecular flexibility index (Phi) is 3.85. The summed E-state index contributed by atoms with van der Waals surface area (Å²) in [7, 11) is 0. The van der Waals surface area contributed by atoms with Gasteiger partial charge < -0.3 is 10.6 Å². The Morgan fingerprint density at radius 2 is 1.75 bits per heavy atom. The average Bonchev–Trinajstić information content (AvgIpc) is 3.10. The normalized spacial score (nSPS) is 21.9. The number of carbonyl (C=O) groups excluding carboxylic acids is 1. The first kappa shape index (κ1) is 11.9. The Hall–Kier alpha value is -0.570. The van der Waals surface area contributed by atoms with Gasteiger partial charge in [-0.3, -0.25) is 4.79 Å². The van der Waals surface area contributed by atoms with Gasteiger partial charge >= 0.3 is 0 Å². The highest BCUT2D eigenvalue weighted by atomic mass is 16.2. The summed E-state index contributed by atoms with van der Waals surface area (Å²) in [4.78, 5) is 14.4. The second-order valence-corrected chi connectivity index (χ2v) is 5.61. The highest BCUT2D eigenvalue weighted by Gasteiger charge is 2.32. The molecule has 2 fully saturated rings. The first-order chi connectivity index (χ1) is 7.70. The lowest BCUT2D eigenvalue weighted by molar-refractivity contribution is -0.135. The highest BCUT2D eigenvalue weighted by molar-refractivity contribution is 5.78. The second kappa shape index (κ2) is 5.17. The summed E-state index contributed by atoms with van der Waals surface area (Å²) in [5.74, 6) is 2.05. The quantitative estimate of drug-likeness (QED) is 0.714. The van der Waals surface area contributed by atoms with Crippen molar-refractivity contribution in [3.63, 3.8) is 0 Å². The molecule has 2 aliphatic rings. The number of carbonyl (C=O) groups is 1. The van der Waals surface area contributed by atoms with Gasteiger partial charge in [-0.2, -0.15) is 0 Å². The van der Waals surface area contributed by atoms with E-state index in [-0.39, 0.29) is 5.92 Å². The fourth-order valence-corrected chi connectivity index (χ4v) is 2.16. The number of nitrogens with two attached hydrogens (primary N) is 1. The monoisotopic (exact) mass is 224 g/mol. The van der Waals surface area contributed by atoms with Crippen molar-refractivity contribution >= 4 is 5.91 Å². The summed E-state index contributed by atoms with van der Waals surface area (Å²) in [5.41, 5.74) is 5.52. The van der Waals surface area contributed by atoms with Crippen molar-refractivity contribution in [1.29, 1.82) is 0 Å². The average molecular weight is 224 g/mol. The molecule has 2 rings (SSSR count). The maximum atomic E-state index is 12.2. The minimum absolute atomic E-state index is 0.113. The molecule has 0 heterocycles. The molecule has 0 aromatic rings. The van der Waals surface area contributed by atoms with E-state index in [2.05, 4.69) is 4.90 Å². The van der Waals surface area contributed by atoms with Crippen LogP contribution in [0.15, 0.2) is 0 Å². The number of nitrogens with zero attached hydrogens (tertiary/aromatic N) is 1. The zero-order valence-corrected chi connectivity index (χ0v) is 10.3. The van der Waals surface area contributed by atoms with E-state index in [1.807, 2.05) is 6.92 Å². The molecule has 3 heteroatoms. The van der Waals surface area contributed by atoms with Crippen molar-refractivity contribution < 1.29 is 4.79 Å². The Balaban J connectivity index is 1.84. The van der Waals surface area contributed by atoms with E-state index in [1.165, 1.54) is 25.7 Å². The standard InChI is InChI=1S/C13H24N2O/c1-10(6-7-14)13(16)15(8-11-2-3-11)9-12-4-5-12/h10-12H,2-9,14H2,1H3. The van der Waals surface area contributed by atoms with Crippen molar-refractivity contribution in [3.05, 3.63) is 0 Å². The number of hydrogen-bond donors (Lipinski definition) is 1. The molecule has 0 radical (unpaired) electrons. The van der Waals surface area contributed by atoms with Gasteiger partial charge in [-0.1, -0.05) is 6.92 Å². The van der Waals surface area contributed by atoms with Crippen LogP contribution in [0.25, 0.3) is 0 Å². The molecule has 0 aliphatic heterocycles. The Morgan fingerprint density at radius 1 is 1.25 bits per heavy atom. The molecule has 2 saturated carbocycles. The van der Waals surface area contributed by atoms with Crippen LogP contribution in [-0.4, -0.2) is 30.4 Å². The van der Waals surface area contributed by atoms with Crippen LogP contribution < -0.4 is 5.73 Å². The van der Waals surface area contributed by atoms with Gasteiger partial charge in [0.15, 0.2) is 0 Å². The van der Waals surface area contributed by atoms with Crippen LogP contribution >= 0.6 is 0 Å². The third kappa shape index (κ3) is 3.48. The van der Waals surface area contributed by atoms with E-state index < -0.39 is 0 Å². The topological polar surface area (TPSA) is 46.3 Å². The maximum absolute atomic E-state index is 12.2. The smallest absolute Gasteiger partial charge is 0.225 e.